The van der Waals surface area contributed by atoms with Crippen LogP contribution in [0.4, 0.5) is 5.82 Å². The molecule has 1 heterocycles. The number of pyridine rings is 1. The van der Waals surface area contributed by atoms with Gasteiger partial charge in [0.1, 0.15) is 11.6 Å². The van der Waals surface area contributed by atoms with Gasteiger partial charge in [-0.1, -0.05) is 18.2 Å². The summed E-state index contributed by atoms with van der Waals surface area (Å²) in [5, 5.41) is 6.69. The van der Waals surface area contributed by atoms with Crippen LogP contribution in [0.2, 0.25) is 0 Å². The monoisotopic (exact) mass is 523 g/mol. The first-order valence-corrected chi connectivity index (χ1v) is 10.4. The number of aromatic nitrogens is 1. The third kappa shape index (κ3) is 7.66. The fourth-order valence-corrected chi connectivity index (χ4v) is 2.91. The van der Waals surface area contributed by atoms with E-state index in [9.17, 15) is 0 Å². The lowest BCUT2D eigenvalue weighted by Crippen LogP contribution is -2.37. The SMILES string of the molecule is CCNC(=NCc1ccc(C)cc1OCC1CC1)NCc1cccc(N(C)C)n1.I. The van der Waals surface area contributed by atoms with E-state index in [1.54, 1.807) is 0 Å². The number of nitrogens with zero attached hydrogens (tertiary/aromatic N) is 3. The Morgan fingerprint density at radius 2 is 2.00 bits per heavy atom. The summed E-state index contributed by atoms with van der Waals surface area (Å²) in [6, 6.07) is 12.4. The average molecular weight is 523 g/mol. The van der Waals surface area contributed by atoms with Crippen molar-refractivity contribution in [2.75, 3.05) is 32.1 Å². The number of nitrogens with one attached hydrogen (secondary N) is 2. The van der Waals surface area contributed by atoms with E-state index in [1.165, 1.54) is 18.4 Å². The van der Waals surface area contributed by atoms with Crippen molar-refractivity contribution in [3.8, 4) is 5.75 Å². The molecular weight excluding hydrogens is 489 g/mol. The predicted octanol–water partition coefficient (Wildman–Crippen LogP) is 4.12. The first-order valence-electron chi connectivity index (χ1n) is 10.4. The molecular formula is C23H34IN5O. The van der Waals surface area contributed by atoms with E-state index in [0.717, 1.165) is 47.9 Å². The minimum atomic E-state index is 0. The maximum atomic E-state index is 6.07. The molecule has 0 saturated heterocycles. The first kappa shape index (κ1) is 24.2. The van der Waals surface area contributed by atoms with Crippen molar-refractivity contribution in [2.45, 2.75) is 39.8 Å². The van der Waals surface area contributed by atoms with Crippen molar-refractivity contribution in [1.29, 1.82) is 0 Å². The normalized spacial score (nSPS) is 13.4. The number of halogens is 1. The fourth-order valence-electron chi connectivity index (χ4n) is 2.91. The van der Waals surface area contributed by atoms with Gasteiger partial charge < -0.3 is 20.3 Å². The topological polar surface area (TPSA) is 61.8 Å². The first-order chi connectivity index (χ1) is 14.0. The summed E-state index contributed by atoms with van der Waals surface area (Å²) in [5.41, 5.74) is 3.30. The Balaban J connectivity index is 0.00000320. The van der Waals surface area contributed by atoms with Crippen LogP contribution in [-0.4, -0.2) is 38.2 Å². The van der Waals surface area contributed by atoms with Crippen LogP contribution in [0.5, 0.6) is 5.75 Å². The quantitative estimate of drug-likeness (QED) is 0.294. The fraction of sp³-hybridized carbons (Fsp3) is 0.478. The number of hydrogen-bond donors (Lipinski definition) is 2. The molecule has 0 aliphatic heterocycles. The van der Waals surface area contributed by atoms with Crippen LogP contribution in [0.25, 0.3) is 0 Å². The highest BCUT2D eigenvalue weighted by Crippen LogP contribution is 2.31. The van der Waals surface area contributed by atoms with Crippen LogP contribution in [0.3, 0.4) is 0 Å². The molecule has 30 heavy (non-hydrogen) atoms. The molecule has 0 spiro atoms. The molecule has 2 N–H and O–H groups in total. The third-order valence-corrected chi connectivity index (χ3v) is 4.83. The molecule has 2 aromatic rings. The van der Waals surface area contributed by atoms with Gasteiger partial charge >= 0.3 is 0 Å². The van der Waals surface area contributed by atoms with E-state index in [-0.39, 0.29) is 24.0 Å². The number of ether oxygens (including phenoxy) is 1. The molecule has 6 nitrogen and oxygen atoms in total. The molecule has 0 radical (unpaired) electrons. The Morgan fingerprint density at radius 3 is 2.70 bits per heavy atom. The molecule has 0 bridgehead atoms. The molecule has 0 atom stereocenters. The summed E-state index contributed by atoms with van der Waals surface area (Å²) in [5.74, 6) is 3.41. The van der Waals surface area contributed by atoms with E-state index in [2.05, 4.69) is 47.7 Å². The number of anilines is 1. The summed E-state index contributed by atoms with van der Waals surface area (Å²) < 4.78 is 6.07. The van der Waals surface area contributed by atoms with Crippen molar-refractivity contribution in [1.82, 2.24) is 15.6 Å². The molecule has 1 fully saturated rings. The van der Waals surface area contributed by atoms with E-state index in [0.29, 0.717) is 13.1 Å². The maximum Gasteiger partial charge on any atom is 0.191 e. The van der Waals surface area contributed by atoms with Gasteiger partial charge in [0.25, 0.3) is 0 Å². The molecule has 3 rings (SSSR count). The van der Waals surface area contributed by atoms with Crippen molar-refractivity contribution in [3.63, 3.8) is 0 Å². The Labute approximate surface area is 197 Å². The summed E-state index contributed by atoms with van der Waals surface area (Å²) in [6.45, 7) is 6.96. The van der Waals surface area contributed by atoms with Crippen LogP contribution in [0.15, 0.2) is 41.4 Å². The van der Waals surface area contributed by atoms with Gasteiger partial charge in [0.2, 0.25) is 0 Å². The predicted molar refractivity (Wildman–Crippen MR) is 135 cm³/mol. The molecule has 1 aromatic heterocycles. The van der Waals surface area contributed by atoms with Crippen molar-refractivity contribution in [3.05, 3.63) is 53.2 Å². The number of hydrogen-bond acceptors (Lipinski definition) is 4. The molecule has 1 aliphatic carbocycles. The number of guanidine groups is 1. The van der Waals surface area contributed by atoms with Crippen LogP contribution >= 0.6 is 24.0 Å². The van der Waals surface area contributed by atoms with E-state index in [4.69, 9.17) is 9.73 Å². The Bertz CT molecular complexity index is 836. The lowest BCUT2D eigenvalue weighted by molar-refractivity contribution is 0.296. The van der Waals surface area contributed by atoms with Gasteiger partial charge in [-0.25, -0.2) is 9.98 Å². The number of benzene rings is 1. The second-order valence-electron chi connectivity index (χ2n) is 7.80. The summed E-state index contributed by atoms with van der Waals surface area (Å²) in [4.78, 5) is 11.4. The zero-order valence-electron chi connectivity index (χ0n) is 18.4. The van der Waals surface area contributed by atoms with Gasteiger partial charge in [0, 0.05) is 26.2 Å². The lowest BCUT2D eigenvalue weighted by Gasteiger charge is -2.15. The van der Waals surface area contributed by atoms with Crippen molar-refractivity contribution in [2.24, 2.45) is 10.9 Å². The second kappa shape index (κ2) is 12.0. The lowest BCUT2D eigenvalue weighted by atomic mass is 10.1. The van der Waals surface area contributed by atoms with E-state index >= 15 is 0 Å². The Hall–Kier alpha value is -2.03. The van der Waals surface area contributed by atoms with Crippen LogP contribution in [-0.2, 0) is 13.1 Å². The number of aryl methyl sites for hydroxylation is 1. The highest BCUT2D eigenvalue weighted by molar-refractivity contribution is 14.0. The summed E-state index contributed by atoms with van der Waals surface area (Å²) in [6.07, 6.45) is 2.58. The van der Waals surface area contributed by atoms with Gasteiger partial charge in [-0.05, 0) is 56.4 Å². The van der Waals surface area contributed by atoms with E-state index in [1.807, 2.05) is 37.2 Å². The second-order valence-corrected chi connectivity index (χ2v) is 7.80. The van der Waals surface area contributed by atoms with Gasteiger partial charge in [0.05, 0.1) is 25.4 Å². The molecule has 1 saturated carbocycles. The van der Waals surface area contributed by atoms with Gasteiger partial charge in [-0.2, -0.15) is 0 Å². The molecule has 1 aliphatic rings. The highest BCUT2D eigenvalue weighted by Gasteiger charge is 2.22. The largest absolute Gasteiger partial charge is 0.493 e. The molecule has 164 valence electrons. The number of aliphatic imine (C=N–C) groups is 1. The van der Waals surface area contributed by atoms with E-state index < -0.39 is 0 Å². The average Bonchev–Trinajstić information content (AvgIpc) is 3.54. The van der Waals surface area contributed by atoms with Crippen LogP contribution < -0.4 is 20.3 Å². The van der Waals surface area contributed by atoms with Gasteiger partial charge in [-0.15, -0.1) is 24.0 Å². The highest BCUT2D eigenvalue weighted by atomic mass is 127. The zero-order valence-corrected chi connectivity index (χ0v) is 20.8. The molecule has 0 unspecified atom stereocenters. The summed E-state index contributed by atoms with van der Waals surface area (Å²) >= 11 is 0. The van der Waals surface area contributed by atoms with Crippen molar-refractivity contribution >= 4 is 35.8 Å². The standard InChI is InChI=1S/C23H33N5O.HI/c1-5-24-23(26-15-20-7-6-8-22(27-20)28(3)4)25-14-19-12-9-17(2)13-21(19)29-16-18-10-11-18;/h6-9,12-13,18H,5,10-11,14-16H2,1-4H3,(H2,24,25,26);1H. The smallest absolute Gasteiger partial charge is 0.191 e. The number of rotatable bonds is 9. The van der Waals surface area contributed by atoms with Crippen molar-refractivity contribution < 1.29 is 4.74 Å². The van der Waals surface area contributed by atoms with Crippen LogP contribution in [0.1, 0.15) is 36.6 Å². The summed E-state index contributed by atoms with van der Waals surface area (Å²) in [7, 11) is 3.99. The minimum Gasteiger partial charge on any atom is -0.493 e. The molecule has 7 heteroatoms. The maximum absolute atomic E-state index is 6.07. The zero-order chi connectivity index (χ0) is 20.6. The minimum absolute atomic E-state index is 0. The Kier molecular flexibility index (Phi) is 9.68. The molecule has 0 amide bonds. The van der Waals surface area contributed by atoms with Crippen LogP contribution in [0, 0.1) is 12.8 Å². The van der Waals surface area contributed by atoms with Gasteiger partial charge in [-0.3, -0.25) is 0 Å². The molecule has 1 aromatic carbocycles. The van der Waals surface area contributed by atoms with Gasteiger partial charge in [0.15, 0.2) is 5.96 Å². The third-order valence-electron chi connectivity index (χ3n) is 4.83. The Morgan fingerprint density at radius 1 is 1.20 bits per heavy atom.